The molecule has 0 N–H and O–H groups in total. The molecule has 0 atom stereocenters. The Balaban J connectivity index is 2.43. The molecule has 0 aliphatic heterocycles. The molecular formula is C16H9Cl2NO. The molecule has 0 amide bonds. The van der Waals surface area contributed by atoms with Crippen LogP contribution in [0.4, 0.5) is 0 Å². The number of nitriles is 1. The van der Waals surface area contributed by atoms with Crippen molar-refractivity contribution in [1.82, 2.24) is 0 Å². The number of ketones is 1. The van der Waals surface area contributed by atoms with Crippen molar-refractivity contribution in [3.05, 3.63) is 75.3 Å². The van der Waals surface area contributed by atoms with Crippen LogP contribution in [0, 0.1) is 11.3 Å². The molecule has 0 saturated heterocycles. The third kappa shape index (κ3) is 3.08. The van der Waals surface area contributed by atoms with Crippen LogP contribution < -0.4 is 0 Å². The normalized spacial score (nSPS) is 10.9. The van der Waals surface area contributed by atoms with Gasteiger partial charge in [0.25, 0.3) is 0 Å². The molecule has 2 rings (SSSR count). The van der Waals surface area contributed by atoms with E-state index in [1.54, 1.807) is 48.5 Å². The van der Waals surface area contributed by atoms with E-state index >= 15 is 0 Å². The SMILES string of the molecule is N#CC(=Cc1cccc(Cl)c1Cl)C(=O)c1ccccc1. The fourth-order valence-corrected chi connectivity index (χ4v) is 2.04. The zero-order chi connectivity index (χ0) is 14.5. The predicted molar refractivity (Wildman–Crippen MR) is 80.8 cm³/mol. The topological polar surface area (TPSA) is 40.9 Å². The summed E-state index contributed by atoms with van der Waals surface area (Å²) in [6.45, 7) is 0. The van der Waals surface area contributed by atoms with Crippen LogP contribution in [0.1, 0.15) is 15.9 Å². The van der Waals surface area contributed by atoms with Crippen LogP contribution >= 0.6 is 23.2 Å². The molecule has 0 fully saturated rings. The number of benzene rings is 2. The Labute approximate surface area is 126 Å². The lowest BCUT2D eigenvalue weighted by Gasteiger charge is -2.02. The van der Waals surface area contributed by atoms with Crippen LogP contribution in [0.3, 0.4) is 0 Å². The van der Waals surface area contributed by atoms with Crippen molar-refractivity contribution in [3.8, 4) is 6.07 Å². The van der Waals surface area contributed by atoms with E-state index in [0.717, 1.165) is 0 Å². The Kier molecular flexibility index (Phi) is 4.57. The minimum absolute atomic E-state index is 0.0142. The first-order chi connectivity index (χ1) is 9.63. The minimum Gasteiger partial charge on any atom is -0.288 e. The highest BCUT2D eigenvalue weighted by Gasteiger charge is 2.12. The van der Waals surface area contributed by atoms with E-state index < -0.39 is 0 Å². The zero-order valence-corrected chi connectivity index (χ0v) is 11.8. The number of hydrogen-bond acceptors (Lipinski definition) is 2. The van der Waals surface area contributed by atoms with E-state index in [1.807, 2.05) is 6.07 Å². The van der Waals surface area contributed by atoms with Gasteiger partial charge in [-0.05, 0) is 17.7 Å². The molecule has 0 aliphatic rings. The Morgan fingerprint density at radius 1 is 1.05 bits per heavy atom. The molecule has 98 valence electrons. The molecule has 0 spiro atoms. The maximum Gasteiger partial charge on any atom is 0.203 e. The molecule has 20 heavy (non-hydrogen) atoms. The van der Waals surface area contributed by atoms with Gasteiger partial charge >= 0.3 is 0 Å². The van der Waals surface area contributed by atoms with Crippen LogP contribution in [0.15, 0.2) is 54.1 Å². The number of halogens is 2. The molecule has 2 aromatic carbocycles. The average molecular weight is 302 g/mol. The van der Waals surface area contributed by atoms with Crippen LogP contribution in [-0.4, -0.2) is 5.78 Å². The second-order valence-electron chi connectivity index (χ2n) is 4.01. The molecular weight excluding hydrogens is 293 g/mol. The summed E-state index contributed by atoms with van der Waals surface area (Å²) >= 11 is 12.0. The minimum atomic E-state index is -0.343. The summed E-state index contributed by atoms with van der Waals surface area (Å²) in [4.78, 5) is 12.2. The standard InChI is InChI=1S/C16H9Cl2NO/c17-14-8-4-7-12(15(14)18)9-13(10-19)16(20)11-5-2-1-3-6-11/h1-9H. The lowest BCUT2D eigenvalue weighted by Crippen LogP contribution is -2.01. The summed E-state index contributed by atoms with van der Waals surface area (Å²) in [5.74, 6) is -0.343. The number of rotatable bonds is 3. The second-order valence-corrected chi connectivity index (χ2v) is 4.79. The van der Waals surface area contributed by atoms with Gasteiger partial charge in [-0.25, -0.2) is 0 Å². The van der Waals surface area contributed by atoms with Gasteiger partial charge < -0.3 is 0 Å². The van der Waals surface area contributed by atoms with Crippen molar-refractivity contribution >= 4 is 35.1 Å². The van der Waals surface area contributed by atoms with Crippen molar-refractivity contribution in [3.63, 3.8) is 0 Å². The van der Waals surface area contributed by atoms with Crippen LogP contribution in [0.5, 0.6) is 0 Å². The molecule has 0 unspecified atom stereocenters. The Bertz CT molecular complexity index is 715. The van der Waals surface area contributed by atoms with Gasteiger partial charge in [0.05, 0.1) is 10.0 Å². The summed E-state index contributed by atoms with van der Waals surface area (Å²) < 4.78 is 0. The lowest BCUT2D eigenvalue weighted by atomic mass is 10.0. The molecule has 0 aromatic heterocycles. The van der Waals surface area contributed by atoms with Gasteiger partial charge in [0, 0.05) is 5.56 Å². The van der Waals surface area contributed by atoms with E-state index in [-0.39, 0.29) is 11.4 Å². The van der Waals surface area contributed by atoms with Crippen LogP contribution in [0.25, 0.3) is 6.08 Å². The number of hydrogen-bond donors (Lipinski definition) is 0. The summed E-state index contributed by atoms with van der Waals surface area (Å²) in [5.41, 5.74) is 1.01. The number of Topliss-reactive ketones (excluding diaryl/α,β-unsaturated/α-hetero) is 1. The fourth-order valence-electron chi connectivity index (χ4n) is 1.68. The van der Waals surface area contributed by atoms with E-state index in [1.165, 1.54) is 6.08 Å². The highest BCUT2D eigenvalue weighted by Crippen LogP contribution is 2.27. The summed E-state index contributed by atoms with van der Waals surface area (Å²) in [7, 11) is 0. The first-order valence-corrected chi connectivity index (χ1v) is 6.54. The van der Waals surface area contributed by atoms with E-state index in [4.69, 9.17) is 28.5 Å². The summed E-state index contributed by atoms with van der Waals surface area (Å²) in [6, 6.07) is 15.6. The lowest BCUT2D eigenvalue weighted by molar-refractivity contribution is 0.104. The van der Waals surface area contributed by atoms with Gasteiger partial charge in [-0.1, -0.05) is 65.7 Å². The van der Waals surface area contributed by atoms with E-state index in [2.05, 4.69) is 0 Å². The third-order valence-corrected chi connectivity index (χ3v) is 3.52. The average Bonchev–Trinajstić information content (AvgIpc) is 2.49. The van der Waals surface area contributed by atoms with Crippen molar-refractivity contribution in [2.75, 3.05) is 0 Å². The van der Waals surface area contributed by atoms with Gasteiger partial charge in [-0.15, -0.1) is 0 Å². The quantitative estimate of drug-likeness (QED) is 0.465. The fraction of sp³-hybridized carbons (Fsp3) is 0. The smallest absolute Gasteiger partial charge is 0.203 e. The largest absolute Gasteiger partial charge is 0.288 e. The monoisotopic (exact) mass is 301 g/mol. The van der Waals surface area contributed by atoms with Gasteiger partial charge in [0.15, 0.2) is 0 Å². The Morgan fingerprint density at radius 3 is 2.40 bits per heavy atom. The maximum absolute atomic E-state index is 12.2. The van der Waals surface area contributed by atoms with Crippen molar-refractivity contribution < 1.29 is 4.79 Å². The highest BCUT2D eigenvalue weighted by atomic mass is 35.5. The van der Waals surface area contributed by atoms with Gasteiger partial charge in [0.2, 0.25) is 5.78 Å². The molecule has 0 aliphatic carbocycles. The molecule has 2 aromatic rings. The number of allylic oxidation sites excluding steroid dienone is 1. The molecule has 0 saturated carbocycles. The Morgan fingerprint density at radius 2 is 1.75 bits per heavy atom. The van der Waals surface area contributed by atoms with Gasteiger partial charge in [-0.3, -0.25) is 4.79 Å². The maximum atomic E-state index is 12.2. The molecule has 4 heteroatoms. The molecule has 0 bridgehead atoms. The third-order valence-electron chi connectivity index (χ3n) is 2.68. The summed E-state index contributed by atoms with van der Waals surface area (Å²) in [6.07, 6.45) is 1.45. The predicted octanol–water partition coefficient (Wildman–Crippen LogP) is 4.78. The van der Waals surface area contributed by atoms with Crippen molar-refractivity contribution in [2.24, 2.45) is 0 Å². The van der Waals surface area contributed by atoms with Crippen LogP contribution in [-0.2, 0) is 0 Å². The highest BCUT2D eigenvalue weighted by molar-refractivity contribution is 6.43. The number of nitrogens with zero attached hydrogens (tertiary/aromatic N) is 1. The van der Waals surface area contributed by atoms with Crippen LogP contribution in [0.2, 0.25) is 10.0 Å². The molecule has 0 radical (unpaired) electrons. The molecule has 2 nitrogen and oxygen atoms in total. The molecule has 0 heterocycles. The van der Waals surface area contributed by atoms with Crippen molar-refractivity contribution in [2.45, 2.75) is 0 Å². The van der Waals surface area contributed by atoms with Gasteiger partial charge in [-0.2, -0.15) is 5.26 Å². The zero-order valence-electron chi connectivity index (χ0n) is 10.3. The van der Waals surface area contributed by atoms with Crippen molar-refractivity contribution in [1.29, 1.82) is 5.26 Å². The van der Waals surface area contributed by atoms with Gasteiger partial charge in [0.1, 0.15) is 11.6 Å². The second kappa shape index (κ2) is 6.38. The first-order valence-electron chi connectivity index (χ1n) is 5.79. The number of carbonyl (C=O) groups excluding carboxylic acids is 1. The first kappa shape index (κ1) is 14.3. The van der Waals surface area contributed by atoms with E-state index in [0.29, 0.717) is 21.2 Å². The summed E-state index contributed by atoms with van der Waals surface area (Å²) in [5, 5.41) is 9.87. The number of carbonyl (C=O) groups is 1. The Hall–Kier alpha value is -2.08. The van der Waals surface area contributed by atoms with E-state index in [9.17, 15) is 4.79 Å².